The van der Waals surface area contributed by atoms with Gasteiger partial charge in [-0.05, 0) is 30.1 Å². The van der Waals surface area contributed by atoms with Gasteiger partial charge in [0, 0.05) is 0 Å². The molecule has 0 aliphatic carbocycles. The van der Waals surface area contributed by atoms with Crippen molar-refractivity contribution >= 4 is 0 Å². The molecule has 17 heavy (non-hydrogen) atoms. The topological polar surface area (TPSA) is 0 Å². The molecule has 0 fully saturated rings. The quantitative estimate of drug-likeness (QED) is 0.420. The van der Waals surface area contributed by atoms with E-state index in [2.05, 4.69) is 41.5 Å². The van der Waals surface area contributed by atoms with Crippen molar-refractivity contribution in [2.24, 2.45) is 23.7 Å². The molecule has 0 aromatic rings. The van der Waals surface area contributed by atoms with Crippen molar-refractivity contribution in [1.82, 2.24) is 0 Å². The minimum absolute atomic E-state index is 0.898. The zero-order valence-corrected chi connectivity index (χ0v) is 13.3. The smallest absolute Gasteiger partial charge is 0.0415 e. The average molecular weight is 240 g/mol. The lowest BCUT2D eigenvalue weighted by atomic mass is 9.83. The molecule has 4 unspecified atom stereocenters. The Kier molecular flexibility index (Phi) is 9.97. The molecule has 0 saturated carbocycles. The molecule has 0 amide bonds. The van der Waals surface area contributed by atoms with Gasteiger partial charge in [0.05, 0.1) is 0 Å². The van der Waals surface area contributed by atoms with Crippen LogP contribution in [0, 0.1) is 23.7 Å². The Morgan fingerprint density at radius 3 is 1.82 bits per heavy atom. The Labute approximate surface area is 111 Å². The number of hydrogen-bond acceptors (Lipinski definition) is 0. The molecule has 0 aromatic heterocycles. The minimum atomic E-state index is 0.898. The normalized spacial score (nSPS) is 18.7. The van der Waals surface area contributed by atoms with Crippen LogP contribution >= 0.6 is 0 Å². The predicted octanol–water partition coefficient (Wildman–Crippen LogP) is 6.30. The zero-order chi connectivity index (χ0) is 13.3. The molecule has 0 rings (SSSR count). The third-order valence-corrected chi connectivity index (χ3v) is 4.59. The first-order valence-electron chi connectivity index (χ1n) is 8.01. The zero-order valence-electron chi connectivity index (χ0n) is 13.3. The van der Waals surface area contributed by atoms with E-state index in [4.69, 9.17) is 0 Å². The molecule has 104 valence electrons. The van der Waals surface area contributed by atoms with Gasteiger partial charge in [-0.1, -0.05) is 80.1 Å². The van der Waals surface area contributed by atoms with Gasteiger partial charge in [-0.15, -0.1) is 0 Å². The van der Waals surface area contributed by atoms with Gasteiger partial charge in [0.2, 0.25) is 0 Å². The lowest BCUT2D eigenvalue weighted by molar-refractivity contribution is 0.285. The van der Waals surface area contributed by atoms with Crippen molar-refractivity contribution < 1.29 is 0 Å². The molecule has 0 saturated heterocycles. The van der Waals surface area contributed by atoms with Crippen molar-refractivity contribution in [3.8, 4) is 0 Å². The van der Waals surface area contributed by atoms with E-state index >= 15 is 0 Å². The van der Waals surface area contributed by atoms with Crippen molar-refractivity contribution in [1.29, 1.82) is 0 Å². The van der Waals surface area contributed by atoms with E-state index in [-0.39, 0.29) is 0 Å². The molecule has 0 heteroatoms. The molecule has 0 spiro atoms. The van der Waals surface area contributed by atoms with Gasteiger partial charge in [-0.3, -0.25) is 0 Å². The van der Waals surface area contributed by atoms with Gasteiger partial charge in [0.1, 0.15) is 0 Å². The summed E-state index contributed by atoms with van der Waals surface area (Å²) in [5.41, 5.74) is 0. The first kappa shape index (κ1) is 17.0. The van der Waals surface area contributed by atoms with Crippen molar-refractivity contribution in [2.75, 3.05) is 0 Å². The van der Waals surface area contributed by atoms with E-state index in [1.165, 1.54) is 44.9 Å². The van der Waals surface area contributed by atoms with Gasteiger partial charge < -0.3 is 0 Å². The number of hydrogen-bond donors (Lipinski definition) is 0. The van der Waals surface area contributed by atoms with E-state index < -0.39 is 0 Å². The Morgan fingerprint density at radius 2 is 1.29 bits per heavy atom. The summed E-state index contributed by atoms with van der Waals surface area (Å²) in [5, 5.41) is 0. The molecular formula is C17H36. The predicted molar refractivity (Wildman–Crippen MR) is 80.3 cm³/mol. The van der Waals surface area contributed by atoms with Crippen LogP contribution in [0.25, 0.3) is 0 Å². The van der Waals surface area contributed by atoms with E-state index in [0.717, 1.165) is 23.7 Å². The highest BCUT2D eigenvalue weighted by Gasteiger charge is 2.14. The van der Waals surface area contributed by atoms with Crippen LogP contribution in [0.2, 0.25) is 0 Å². The molecule has 0 aliphatic rings. The molecule has 0 heterocycles. The van der Waals surface area contributed by atoms with E-state index in [0.29, 0.717) is 0 Å². The third-order valence-electron chi connectivity index (χ3n) is 4.59. The standard InChI is InChI=1S/C17H36/c1-7-9-10-14(3)11-12-15(4)13-17(6)16(5)8-2/h14-17H,7-13H2,1-6H3. The van der Waals surface area contributed by atoms with Crippen LogP contribution in [-0.2, 0) is 0 Å². The summed E-state index contributed by atoms with van der Waals surface area (Å²) in [6.45, 7) is 14.3. The molecule has 4 atom stereocenters. The molecule has 0 aromatic carbocycles. The Bertz CT molecular complexity index is 161. The van der Waals surface area contributed by atoms with Gasteiger partial charge in [0.15, 0.2) is 0 Å². The second-order valence-electron chi connectivity index (χ2n) is 6.53. The van der Waals surface area contributed by atoms with Crippen LogP contribution in [0.15, 0.2) is 0 Å². The SMILES string of the molecule is CCCCC(C)CCC(C)CC(C)C(C)CC. The number of rotatable bonds is 10. The summed E-state index contributed by atoms with van der Waals surface area (Å²) >= 11 is 0. The molecule has 0 N–H and O–H groups in total. The van der Waals surface area contributed by atoms with Crippen LogP contribution in [0.5, 0.6) is 0 Å². The van der Waals surface area contributed by atoms with Crippen LogP contribution in [0.1, 0.15) is 86.5 Å². The molecular weight excluding hydrogens is 204 g/mol. The average Bonchev–Trinajstić information content (AvgIpc) is 2.32. The fourth-order valence-electron chi connectivity index (χ4n) is 2.65. The lowest BCUT2D eigenvalue weighted by Gasteiger charge is -2.23. The maximum Gasteiger partial charge on any atom is -0.0415 e. The monoisotopic (exact) mass is 240 g/mol. The van der Waals surface area contributed by atoms with Gasteiger partial charge in [-0.2, -0.15) is 0 Å². The Balaban J connectivity index is 3.67. The van der Waals surface area contributed by atoms with Crippen molar-refractivity contribution in [2.45, 2.75) is 86.5 Å². The van der Waals surface area contributed by atoms with Gasteiger partial charge in [0.25, 0.3) is 0 Å². The second-order valence-corrected chi connectivity index (χ2v) is 6.53. The van der Waals surface area contributed by atoms with E-state index in [1.54, 1.807) is 0 Å². The van der Waals surface area contributed by atoms with E-state index in [1.807, 2.05) is 0 Å². The molecule has 0 radical (unpaired) electrons. The highest BCUT2D eigenvalue weighted by atomic mass is 14.2. The highest BCUT2D eigenvalue weighted by molar-refractivity contribution is 4.66. The summed E-state index contributed by atoms with van der Waals surface area (Å²) in [7, 11) is 0. The highest BCUT2D eigenvalue weighted by Crippen LogP contribution is 2.26. The van der Waals surface area contributed by atoms with Gasteiger partial charge in [-0.25, -0.2) is 0 Å². The Morgan fingerprint density at radius 1 is 0.706 bits per heavy atom. The van der Waals surface area contributed by atoms with Crippen LogP contribution in [0.4, 0.5) is 0 Å². The maximum absolute atomic E-state index is 2.45. The molecule has 0 aliphatic heterocycles. The molecule has 0 bridgehead atoms. The fraction of sp³-hybridized carbons (Fsp3) is 1.00. The maximum atomic E-state index is 2.45. The van der Waals surface area contributed by atoms with Crippen LogP contribution < -0.4 is 0 Å². The third kappa shape index (κ3) is 8.69. The summed E-state index contributed by atoms with van der Waals surface area (Å²) in [5.74, 6) is 3.66. The second kappa shape index (κ2) is 9.97. The number of unbranched alkanes of at least 4 members (excludes halogenated alkanes) is 1. The lowest BCUT2D eigenvalue weighted by Crippen LogP contribution is -2.12. The first-order valence-corrected chi connectivity index (χ1v) is 8.01. The van der Waals surface area contributed by atoms with Crippen molar-refractivity contribution in [3.63, 3.8) is 0 Å². The molecule has 0 nitrogen and oxygen atoms in total. The summed E-state index contributed by atoms with van der Waals surface area (Å²) < 4.78 is 0. The Hall–Kier alpha value is 0. The van der Waals surface area contributed by atoms with Crippen LogP contribution in [-0.4, -0.2) is 0 Å². The largest absolute Gasteiger partial charge is 0.0654 e. The first-order chi connectivity index (χ1) is 8.01. The summed E-state index contributed by atoms with van der Waals surface area (Å²) in [4.78, 5) is 0. The van der Waals surface area contributed by atoms with Crippen molar-refractivity contribution in [3.05, 3.63) is 0 Å². The van der Waals surface area contributed by atoms with Gasteiger partial charge >= 0.3 is 0 Å². The summed E-state index contributed by atoms with van der Waals surface area (Å²) in [6.07, 6.45) is 9.84. The minimum Gasteiger partial charge on any atom is -0.0654 e. The van der Waals surface area contributed by atoms with E-state index in [9.17, 15) is 0 Å². The summed E-state index contributed by atoms with van der Waals surface area (Å²) in [6, 6.07) is 0. The fourth-order valence-corrected chi connectivity index (χ4v) is 2.65. The van der Waals surface area contributed by atoms with Crippen LogP contribution in [0.3, 0.4) is 0 Å².